The first-order valence-electron chi connectivity index (χ1n) is 8.71. The molecule has 0 saturated carbocycles. The lowest BCUT2D eigenvalue weighted by molar-refractivity contribution is -0.120. The minimum atomic E-state index is 0.0749. The molecule has 25 heavy (non-hydrogen) atoms. The molecule has 1 atom stereocenters. The van der Waals surface area contributed by atoms with Gasteiger partial charge in [-0.1, -0.05) is 0 Å². The summed E-state index contributed by atoms with van der Waals surface area (Å²) < 4.78 is 1.07. The van der Waals surface area contributed by atoms with Gasteiger partial charge in [-0.25, -0.2) is 4.98 Å². The smallest absolute Gasteiger partial charge is 0.226 e. The van der Waals surface area contributed by atoms with Crippen LogP contribution in [0.25, 0.3) is 9.88 Å². The molecule has 1 fully saturated rings. The van der Waals surface area contributed by atoms with Gasteiger partial charge in [-0.05, 0) is 61.1 Å². The molecule has 1 amide bonds. The van der Waals surface area contributed by atoms with E-state index in [0.29, 0.717) is 18.4 Å². The summed E-state index contributed by atoms with van der Waals surface area (Å²) in [5, 5.41) is 8.13. The summed E-state index contributed by atoms with van der Waals surface area (Å²) in [7, 11) is 0. The van der Waals surface area contributed by atoms with Crippen molar-refractivity contribution in [3.05, 3.63) is 27.0 Å². The van der Waals surface area contributed by atoms with Gasteiger partial charge in [0.1, 0.15) is 5.01 Å². The molecular weight excluding hydrogens is 418 g/mol. The predicted molar refractivity (Wildman–Crippen MR) is 109 cm³/mol. The van der Waals surface area contributed by atoms with E-state index in [0.717, 1.165) is 33.1 Å². The van der Waals surface area contributed by atoms with Gasteiger partial charge in [-0.2, -0.15) is 0 Å². The minimum absolute atomic E-state index is 0.0749. The van der Waals surface area contributed by atoms with Crippen LogP contribution >= 0.6 is 38.6 Å². The third-order valence-corrected chi connectivity index (χ3v) is 7.29. The van der Waals surface area contributed by atoms with Crippen molar-refractivity contribution in [1.82, 2.24) is 15.2 Å². The molecule has 1 unspecified atom stereocenters. The maximum absolute atomic E-state index is 12.3. The average Bonchev–Trinajstić information content (AvgIpc) is 3.22. The number of nitrogens with zero attached hydrogens (tertiary/aromatic N) is 2. The minimum Gasteiger partial charge on any atom is -0.355 e. The number of rotatable bonds is 6. The summed E-state index contributed by atoms with van der Waals surface area (Å²) in [5.74, 6) is 0.639. The second-order valence-corrected chi connectivity index (χ2v) is 9.54. The Hall–Kier alpha value is -0.760. The summed E-state index contributed by atoms with van der Waals surface area (Å²) >= 11 is 6.73. The van der Waals surface area contributed by atoms with E-state index in [1.807, 2.05) is 10.8 Å². The van der Waals surface area contributed by atoms with Crippen LogP contribution in [0.15, 0.2) is 21.3 Å². The van der Waals surface area contributed by atoms with E-state index >= 15 is 0 Å². The first-order chi connectivity index (χ1) is 12.0. The van der Waals surface area contributed by atoms with E-state index < -0.39 is 0 Å². The van der Waals surface area contributed by atoms with Crippen LogP contribution < -0.4 is 5.32 Å². The van der Waals surface area contributed by atoms with Crippen LogP contribution in [0, 0.1) is 5.92 Å². The number of likely N-dealkylation sites (tertiary alicyclic amines) is 1. The zero-order chi connectivity index (χ0) is 17.8. The Morgan fingerprint density at radius 2 is 2.28 bits per heavy atom. The van der Waals surface area contributed by atoms with Crippen molar-refractivity contribution < 1.29 is 4.79 Å². The van der Waals surface area contributed by atoms with Gasteiger partial charge in [-0.15, -0.1) is 22.7 Å². The molecule has 4 nitrogen and oxygen atoms in total. The molecule has 1 saturated heterocycles. The van der Waals surface area contributed by atoms with Crippen molar-refractivity contribution in [2.24, 2.45) is 5.92 Å². The molecule has 0 aliphatic carbocycles. The average molecular weight is 442 g/mol. The van der Waals surface area contributed by atoms with E-state index in [1.165, 1.54) is 19.4 Å². The summed E-state index contributed by atoms with van der Waals surface area (Å²) in [5.41, 5.74) is 0.856. The number of nitrogens with one attached hydrogen (secondary N) is 1. The lowest BCUT2D eigenvalue weighted by atomic mass is 9.97. The molecule has 1 N–H and O–H groups in total. The van der Waals surface area contributed by atoms with Crippen LogP contribution in [0.3, 0.4) is 0 Å². The number of hydrogen-bond donors (Lipinski definition) is 1. The predicted octanol–water partition coefficient (Wildman–Crippen LogP) is 4.41. The van der Waals surface area contributed by atoms with E-state index in [9.17, 15) is 4.79 Å². The molecule has 2 aromatic heterocycles. The van der Waals surface area contributed by atoms with Crippen molar-refractivity contribution >= 4 is 44.5 Å². The highest BCUT2D eigenvalue weighted by Crippen LogP contribution is 2.32. The third-order valence-electron chi connectivity index (χ3n) is 4.54. The second-order valence-electron chi connectivity index (χ2n) is 6.85. The molecule has 0 radical (unpaired) electrons. The van der Waals surface area contributed by atoms with Crippen LogP contribution in [0.2, 0.25) is 0 Å². The van der Waals surface area contributed by atoms with Crippen molar-refractivity contribution in [3.63, 3.8) is 0 Å². The van der Waals surface area contributed by atoms with E-state index in [2.05, 4.69) is 51.0 Å². The van der Waals surface area contributed by atoms with Gasteiger partial charge >= 0.3 is 0 Å². The van der Waals surface area contributed by atoms with Crippen LogP contribution in [0.4, 0.5) is 0 Å². The molecule has 1 aliphatic heterocycles. The van der Waals surface area contributed by atoms with Crippen molar-refractivity contribution in [2.45, 2.75) is 39.2 Å². The molecule has 3 rings (SSSR count). The normalized spacial score (nSPS) is 18.6. The Kier molecular flexibility index (Phi) is 6.66. The summed E-state index contributed by atoms with van der Waals surface area (Å²) in [6.45, 7) is 7.53. The van der Waals surface area contributed by atoms with Gasteiger partial charge in [0.2, 0.25) is 5.91 Å². The molecule has 0 bridgehead atoms. The maximum Gasteiger partial charge on any atom is 0.226 e. The van der Waals surface area contributed by atoms with Crippen molar-refractivity contribution in [1.29, 1.82) is 0 Å². The number of aromatic nitrogens is 1. The number of carbonyl (C=O) groups is 1. The molecule has 0 spiro atoms. The molecule has 136 valence electrons. The lowest BCUT2D eigenvalue weighted by Crippen LogP contribution is -2.44. The monoisotopic (exact) mass is 441 g/mol. The summed E-state index contributed by atoms with van der Waals surface area (Å²) in [6.07, 6.45) is 2.80. The fourth-order valence-electron chi connectivity index (χ4n) is 3.14. The molecule has 2 aromatic rings. The molecule has 7 heteroatoms. The Labute approximate surface area is 165 Å². The Morgan fingerprint density at radius 1 is 1.44 bits per heavy atom. The van der Waals surface area contributed by atoms with Crippen LogP contribution in [-0.4, -0.2) is 41.5 Å². The molecule has 3 heterocycles. The van der Waals surface area contributed by atoms with Gasteiger partial charge in [-0.3, -0.25) is 4.79 Å². The number of amides is 1. The summed E-state index contributed by atoms with van der Waals surface area (Å²) in [6, 6.07) is 2.65. The highest BCUT2D eigenvalue weighted by atomic mass is 79.9. The van der Waals surface area contributed by atoms with Crippen molar-refractivity contribution in [2.75, 3.05) is 19.6 Å². The maximum atomic E-state index is 12.3. The fraction of sp³-hybridized carbons (Fsp3) is 0.556. The largest absolute Gasteiger partial charge is 0.355 e. The number of thiophene rings is 1. The zero-order valence-corrected chi connectivity index (χ0v) is 17.8. The first kappa shape index (κ1) is 19.0. The number of carbonyl (C=O) groups excluding carboxylic acids is 1. The Balaban J connectivity index is 1.47. The van der Waals surface area contributed by atoms with Gasteiger partial charge in [0.25, 0.3) is 0 Å². The Bertz CT molecular complexity index is 713. The Morgan fingerprint density at radius 3 is 3.00 bits per heavy atom. The van der Waals surface area contributed by atoms with Crippen LogP contribution in [0.1, 0.15) is 32.4 Å². The summed E-state index contributed by atoms with van der Waals surface area (Å²) in [4.78, 5) is 20.5. The first-order valence-corrected chi connectivity index (χ1v) is 11.3. The standard InChI is InChI=1S/C18H24BrN3OS2/c1-12(2)22-5-3-4-13(9-22)8-20-17(23)7-15-11-25-18(21-15)16-6-14(19)10-24-16/h6,10-13H,3-5,7-9H2,1-2H3,(H,20,23). The van der Waals surface area contributed by atoms with Crippen LogP contribution in [-0.2, 0) is 11.2 Å². The second kappa shape index (κ2) is 8.75. The highest BCUT2D eigenvalue weighted by molar-refractivity contribution is 9.10. The topological polar surface area (TPSA) is 45.2 Å². The molecule has 1 aliphatic rings. The third kappa shape index (κ3) is 5.36. The van der Waals surface area contributed by atoms with E-state index in [4.69, 9.17) is 0 Å². The fourth-order valence-corrected chi connectivity index (χ4v) is 5.47. The number of piperidine rings is 1. The highest BCUT2D eigenvalue weighted by Gasteiger charge is 2.22. The van der Waals surface area contributed by atoms with Gasteiger partial charge in [0.05, 0.1) is 17.0 Å². The van der Waals surface area contributed by atoms with E-state index in [-0.39, 0.29) is 5.91 Å². The number of thiazole rings is 1. The molecular formula is C18H24BrN3OS2. The van der Waals surface area contributed by atoms with E-state index in [1.54, 1.807) is 22.7 Å². The van der Waals surface area contributed by atoms with Gasteiger partial charge in [0, 0.05) is 34.4 Å². The quantitative estimate of drug-likeness (QED) is 0.721. The zero-order valence-electron chi connectivity index (χ0n) is 14.6. The lowest BCUT2D eigenvalue weighted by Gasteiger charge is -2.35. The number of halogens is 1. The van der Waals surface area contributed by atoms with Crippen LogP contribution in [0.5, 0.6) is 0 Å². The van der Waals surface area contributed by atoms with Gasteiger partial charge in [0.15, 0.2) is 0 Å². The number of hydrogen-bond acceptors (Lipinski definition) is 5. The molecule has 0 aromatic carbocycles. The SMILES string of the molecule is CC(C)N1CCCC(CNC(=O)Cc2csc(-c3cc(Br)cs3)n2)C1. The van der Waals surface area contributed by atoms with Crippen molar-refractivity contribution in [3.8, 4) is 9.88 Å². The van der Waals surface area contributed by atoms with Gasteiger partial charge < -0.3 is 10.2 Å².